The van der Waals surface area contributed by atoms with Crippen molar-refractivity contribution in [3.8, 4) is 11.5 Å². The first-order valence-electron chi connectivity index (χ1n) is 9.56. The van der Waals surface area contributed by atoms with Crippen LogP contribution in [0.25, 0.3) is 11.0 Å². The molecule has 3 N–H and O–H groups in total. The number of hydrogen-bond acceptors (Lipinski definition) is 7. The minimum Gasteiger partial charge on any atom is -0.493 e. The highest BCUT2D eigenvalue weighted by Gasteiger charge is 2.24. The first-order chi connectivity index (χ1) is 14.6. The number of carboxylic acid groups (broad SMARTS) is 1. The van der Waals surface area contributed by atoms with E-state index in [-0.39, 0.29) is 29.2 Å². The zero-order chi connectivity index (χ0) is 23.3. The Balaban J connectivity index is 2.16. The van der Waals surface area contributed by atoms with Crippen molar-refractivity contribution in [1.82, 2.24) is 10.6 Å². The Kier molecular flexibility index (Phi) is 7.62. The van der Waals surface area contributed by atoms with Gasteiger partial charge in [-0.25, -0.2) is 9.59 Å². The third-order valence-electron chi connectivity index (χ3n) is 4.83. The summed E-state index contributed by atoms with van der Waals surface area (Å²) < 4.78 is 15.9. The summed E-state index contributed by atoms with van der Waals surface area (Å²) in [6.07, 6.45) is -0.307. The van der Waals surface area contributed by atoms with Gasteiger partial charge in [-0.2, -0.15) is 0 Å². The number of hydrogen-bond donors (Lipinski definition) is 3. The molecule has 31 heavy (non-hydrogen) atoms. The molecule has 1 aromatic heterocycles. The van der Waals surface area contributed by atoms with Crippen LogP contribution in [0.3, 0.4) is 0 Å². The van der Waals surface area contributed by atoms with E-state index >= 15 is 0 Å². The predicted octanol–water partition coefficient (Wildman–Crippen LogP) is 1.00. The van der Waals surface area contributed by atoms with Crippen LogP contribution in [-0.4, -0.2) is 49.7 Å². The zero-order valence-electron chi connectivity index (χ0n) is 18.0. The molecule has 0 saturated carbocycles. The molecule has 0 radical (unpaired) electrons. The lowest BCUT2D eigenvalue weighted by Crippen LogP contribution is -2.48. The lowest BCUT2D eigenvalue weighted by Gasteiger charge is -2.18. The van der Waals surface area contributed by atoms with E-state index in [1.54, 1.807) is 32.9 Å². The van der Waals surface area contributed by atoms with Crippen molar-refractivity contribution in [3.05, 3.63) is 33.7 Å². The molecular formula is C21H26N2O8. The number of amides is 2. The predicted molar refractivity (Wildman–Crippen MR) is 111 cm³/mol. The highest BCUT2D eigenvalue weighted by molar-refractivity contribution is 5.91. The van der Waals surface area contributed by atoms with Gasteiger partial charge < -0.3 is 29.6 Å². The van der Waals surface area contributed by atoms with Gasteiger partial charge in [0.15, 0.2) is 11.3 Å². The van der Waals surface area contributed by atoms with E-state index in [1.165, 1.54) is 14.2 Å². The van der Waals surface area contributed by atoms with Crippen molar-refractivity contribution in [2.24, 2.45) is 5.92 Å². The molecule has 10 nitrogen and oxygen atoms in total. The molecule has 0 fully saturated rings. The molecule has 0 aliphatic rings. The number of fused-ring (bicyclic) bond motifs is 1. The summed E-state index contributed by atoms with van der Waals surface area (Å²) in [5, 5.41) is 14.4. The minimum absolute atomic E-state index is 0.142. The number of rotatable bonds is 9. The number of ether oxygens (including phenoxy) is 2. The van der Waals surface area contributed by atoms with Gasteiger partial charge in [0, 0.05) is 5.39 Å². The largest absolute Gasteiger partial charge is 0.493 e. The van der Waals surface area contributed by atoms with Gasteiger partial charge in [0.2, 0.25) is 17.6 Å². The zero-order valence-corrected chi connectivity index (χ0v) is 18.0. The highest BCUT2D eigenvalue weighted by atomic mass is 16.5. The van der Waals surface area contributed by atoms with E-state index in [9.17, 15) is 19.2 Å². The SMILES string of the molecule is COc1ccc2c(C)c(CC(=O)NCC(=O)N[C@H](C(=O)O)C(C)C)c(=O)oc2c1OC. The van der Waals surface area contributed by atoms with Crippen molar-refractivity contribution in [1.29, 1.82) is 0 Å². The average molecular weight is 434 g/mol. The molecule has 0 unspecified atom stereocenters. The van der Waals surface area contributed by atoms with Crippen molar-refractivity contribution < 1.29 is 33.4 Å². The van der Waals surface area contributed by atoms with Gasteiger partial charge in [0.25, 0.3) is 0 Å². The molecule has 10 heteroatoms. The van der Waals surface area contributed by atoms with E-state index in [0.717, 1.165) is 0 Å². The standard InChI is InChI=1S/C21H26N2O8/c1-10(2)17(20(26)27)23-16(25)9-22-15(24)8-13-11(3)12-6-7-14(29-4)19(30-5)18(12)31-21(13)28/h6-7,10,17H,8-9H2,1-5H3,(H,22,24)(H,23,25)(H,26,27)/t17-/m0/s1. The molecule has 1 aromatic carbocycles. The molecule has 1 heterocycles. The normalized spacial score (nSPS) is 11.8. The van der Waals surface area contributed by atoms with Gasteiger partial charge in [-0.1, -0.05) is 13.8 Å². The van der Waals surface area contributed by atoms with Gasteiger partial charge >= 0.3 is 11.6 Å². The quantitative estimate of drug-likeness (QED) is 0.496. The maximum Gasteiger partial charge on any atom is 0.340 e. The summed E-state index contributed by atoms with van der Waals surface area (Å²) in [6.45, 7) is 4.58. The van der Waals surface area contributed by atoms with Gasteiger partial charge in [-0.3, -0.25) is 9.59 Å². The van der Waals surface area contributed by atoms with Crippen LogP contribution in [0.4, 0.5) is 0 Å². The summed E-state index contributed by atoms with van der Waals surface area (Å²) in [4.78, 5) is 47.9. The third-order valence-corrected chi connectivity index (χ3v) is 4.83. The van der Waals surface area contributed by atoms with Crippen molar-refractivity contribution >= 4 is 28.8 Å². The number of carboxylic acids is 1. The number of carbonyl (C=O) groups is 3. The topological polar surface area (TPSA) is 144 Å². The molecule has 168 valence electrons. The fraction of sp³-hybridized carbons (Fsp3) is 0.429. The third kappa shape index (κ3) is 5.33. The number of aliphatic carboxylic acids is 1. The summed E-state index contributed by atoms with van der Waals surface area (Å²) >= 11 is 0. The molecule has 0 bridgehead atoms. The molecule has 0 spiro atoms. The number of benzene rings is 1. The van der Waals surface area contributed by atoms with E-state index in [4.69, 9.17) is 19.0 Å². The van der Waals surface area contributed by atoms with Crippen molar-refractivity contribution in [2.45, 2.75) is 33.2 Å². The monoisotopic (exact) mass is 434 g/mol. The van der Waals surface area contributed by atoms with E-state index in [2.05, 4.69) is 10.6 Å². The fourth-order valence-electron chi connectivity index (χ4n) is 3.11. The summed E-state index contributed by atoms with van der Waals surface area (Å²) in [5.74, 6) is -2.04. The van der Waals surface area contributed by atoms with Crippen LogP contribution in [0.2, 0.25) is 0 Å². The molecule has 2 aromatic rings. The van der Waals surface area contributed by atoms with Gasteiger partial charge in [-0.05, 0) is 30.5 Å². The minimum atomic E-state index is -1.16. The summed E-state index contributed by atoms with van der Waals surface area (Å²) in [5.41, 5.74) is 0.184. The molecule has 1 atom stereocenters. The van der Waals surface area contributed by atoms with Crippen LogP contribution >= 0.6 is 0 Å². The Hall–Kier alpha value is -3.56. The second-order valence-corrected chi connectivity index (χ2v) is 7.25. The van der Waals surface area contributed by atoms with Crippen LogP contribution in [0.5, 0.6) is 11.5 Å². The number of carbonyl (C=O) groups excluding carboxylic acids is 2. The van der Waals surface area contributed by atoms with Gasteiger partial charge in [-0.15, -0.1) is 0 Å². The lowest BCUT2D eigenvalue weighted by molar-refractivity contribution is -0.143. The first-order valence-corrected chi connectivity index (χ1v) is 9.56. The maximum absolute atomic E-state index is 12.5. The number of aryl methyl sites for hydroxylation is 1. The van der Waals surface area contributed by atoms with Gasteiger partial charge in [0.05, 0.1) is 32.7 Å². The van der Waals surface area contributed by atoms with Crippen LogP contribution in [0.1, 0.15) is 25.0 Å². The van der Waals surface area contributed by atoms with Crippen molar-refractivity contribution in [3.63, 3.8) is 0 Å². The smallest absolute Gasteiger partial charge is 0.340 e. The molecule has 2 rings (SSSR count). The Morgan fingerprint density at radius 1 is 1.13 bits per heavy atom. The Labute approximate surface area is 178 Å². The molecular weight excluding hydrogens is 408 g/mol. The van der Waals surface area contributed by atoms with E-state index in [0.29, 0.717) is 16.7 Å². The van der Waals surface area contributed by atoms with Crippen LogP contribution < -0.4 is 25.7 Å². The lowest BCUT2D eigenvalue weighted by atomic mass is 10.0. The van der Waals surface area contributed by atoms with E-state index in [1.807, 2.05) is 0 Å². The van der Waals surface area contributed by atoms with Crippen LogP contribution in [-0.2, 0) is 20.8 Å². The van der Waals surface area contributed by atoms with Crippen LogP contribution in [0.15, 0.2) is 21.3 Å². The van der Waals surface area contributed by atoms with Gasteiger partial charge in [0.1, 0.15) is 6.04 Å². The highest BCUT2D eigenvalue weighted by Crippen LogP contribution is 2.36. The fourth-order valence-corrected chi connectivity index (χ4v) is 3.11. The van der Waals surface area contributed by atoms with Crippen LogP contribution in [0, 0.1) is 12.8 Å². The first kappa shape index (κ1) is 23.7. The molecule has 0 saturated heterocycles. The molecule has 2 amide bonds. The van der Waals surface area contributed by atoms with Crippen molar-refractivity contribution in [2.75, 3.05) is 20.8 Å². The maximum atomic E-state index is 12.5. The summed E-state index contributed by atoms with van der Waals surface area (Å²) in [6, 6.07) is 2.30. The Morgan fingerprint density at radius 2 is 1.81 bits per heavy atom. The molecule has 0 aliphatic heterocycles. The average Bonchev–Trinajstić information content (AvgIpc) is 2.72. The Morgan fingerprint density at radius 3 is 2.35 bits per heavy atom. The van der Waals surface area contributed by atoms with E-state index < -0.39 is 36.0 Å². The number of methoxy groups -OCH3 is 2. The number of nitrogens with one attached hydrogen (secondary N) is 2. The second kappa shape index (κ2) is 9.96. The molecule has 0 aliphatic carbocycles. The summed E-state index contributed by atoms with van der Waals surface area (Å²) in [7, 11) is 2.89. The Bertz CT molecular complexity index is 1060. The second-order valence-electron chi connectivity index (χ2n) is 7.25.